The maximum Gasteiger partial charge on any atom is 0.416 e. The van der Waals surface area contributed by atoms with Gasteiger partial charge in [-0.1, -0.05) is 0 Å². The van der Waals surface area contributed by atoms with Crippen molar-refractivity contribution in [3.8, 4) is 0 Å². The largest absolute Gasteiger partial charge is 0.416 e. The molecule has 1 aliphatic heterocycles. The van der Waals surface area contributed by atoms with Crippen LogP contribution in [0.1, 0.15) is 30.7 Å². The van der Waals surface area contributed by atoms with Crippen LogP contribution in [-0.4, -0.2) is 44.6 Å². The Morgan fingerprint density at radius 3 is 2.33 bits per heavy atom. The second kappa shape index (κ2) is 9.17. The average molecular weight is 443 g/mol. The molecule has 1 fully saturated rings. The van der Waals surface area contributed by atoms with Crippen molar-refractivity contribution in [3.63, 3.8) is 0 Å². The molecule has 3 rings (SSSR count). The molecular weight excluding hydrogens is 419 g/mol. The molecule has 2 N–H and O–H groups in total. The fraction of sp³-hybridized carbons (Fsp3) is 0.474. The minimum Gasteiger partial charge on any atom is -0.369 e. The highest BCUT2D eigenvalue weighted by Gasteiger charge is 2.30. The van der Waals surface area contributed by atoms with Crippen molar-refractivity contribution in [2.75, 3.05) is 36.4 Å². The molecule has 0 aliphatic carbocycles. The molecule has 0 amide bonds. The normalized spacial score (nSPS) is 15.3. The Kier molecular flexibility index (Phi) is 6.81. The summed E-state index contributed by atoms with van der Waals surface area (Å²) in [5, 5.41) is 3.06. The van der Waals surface area contributed by atoms with Gasteiger partial charge in [-0.3, -0.25) is 0 Å². The molecule has 0 atom stereocenters. The first-order valence-corrected chi connectivity index (χ1v) is 11.1. The van der Waals surface area contributed by atoms with Gasteiger partial charge in [0.15, 0.2) is 0 Å². The number of halogens is 3. The predicted molar refractivity (Wildman–Crippen MR) is 108 cm³/mol. The first-order chi connectivity index (χ1) is 14.1. The lowest BCUT2D eigenvalue weighted by atomic mass is 10.1. The Morgan fingerprint density at radius 2 is 1.70 bits per heavy atom. The van der Waals surface area contributed by atoms with Gasteiger partial charge in [0.05, 0.1) is 10.5 Å². The van der Waals surface area contributed by atoms with E-state index in [1.165, 1.54) is 6.42 Å². The van der Waals surface area contributed by atoms with E-state index in [0.29, 0.717) is 11.6 Å². The van der Waals surface area contributed by atoms with Gasteiger partial charge in [0, 0.05) is 32.2 Å². The first-order valence-electron chi connectivity index (χ1n) is 9.66. The number of rotatable bonds is 7. The van der Waals surface area contributed by atoms with Gasteiger partial charge in [-0.05, 0) is 50.5 Å². The highest BCUT2D eigenvalue weighted by atomic mass is 32.2. The van der Waals surface area contributed by atoms with Crippen LogP contribution in [0, 0.1) is 6.92 Å². The van der Waals surface area contributed by atoms with Crippen LogP contribution in [0.4, 0.5) is 24.8 Å². The molecule has 1 saturated heterocycles. The standard InChI is InChI=1S/C19H24F3N5O2S/c1-14-25-17(13-18(26-14)27-11-3-2-4-12-27)23-9-10-24-30(28,29)16-7-5-15(6-8-16)19(20,21)22/h5-8,13,24H,2-4,9-12H2,1H3,(H,23,25,26). The van der Waals surface area contributed by atoms with Crippen LogP contribution in [0.2, 0.25) is 0 Å². The summed E-state index contributed by atoms with van der Waals surface area (Å²) < 4.78 is 64.7. The molecule has 11 heteroatoms. The number of aromatic nitrogens is 2. The van der Waals surface area contributed by atoms with E-state index in [1.54, 1.807) is 6.92 Å². The van der Waals surface area contributed by atoms with Crippen molar-refractivity contribution in [2.45, 2.75) is 37.3 Å². The summed E-state index contributed by atoms with van der Waals surface area (Å²) in [6, 6.07) is 5.22. The summed E-state index contributed by atoms with van der Waals surface area (Å²) in [6.45, 7) is 4.00. The van der Waals surface area contributed by atoms with Crippen molar-refractivity contribution >= 4 is 21.7 Å². The summed E-state index contributed by atoms with van der Waals surface area (Å²) in [7, 11) is -3.91. The van der Waals surface area contributed by atoms with E-state index in [9.17, 15) is 21.6 Å². The second-order valence-corrected chi connectivity index (χ2v) is 8.82. The molecule has 164 valence electrons. The number of anilines is 2. The van der Waals surface area contributed by atoms with Gasteiger partial charge in [-0.25, -0.2) is 23.1 Å². The van der Waals surface area contributed by atoms with Crippen molar-refractivity contribution in [1.29, 1.82) is 0 Å². The monoisotopic (exact) mass is 443 g/mol. The minimum absolute atomic E-state index is 0.0471. The molecule has 1 aliphatic rings. The van der Waals surface area contributed by atoms with Crippen LogP contribution >= 0.6 is 0 Å². The number of hydrogen-bond donors (Lipinski definition) is 2. The third kappa shape index (κ3) is 5.82. The van der Waals surface area contributed by atoms with Gasteiger partial charge >= 0.3 is 6.18 Å². The number of sulfonamides is 1. The van der Waals surface area contributed by atoms with Crippen molar-refractivity contribution in [3.05, 3.63) is 41.7 Å². The fourth-order valence-electron chi connectivity index (χ4n) is 3.21. The third-order valence-corrected chi connectivity index (χ3v) is 6.20. The van der Waals surface area contributed by atoms with Crippen LogP contribution in [-0.2, 0) is 16.2 Å². The van der Waals surface area contributed by atoms with Gasteiger partial charge in [0.1, 0.15) is 17.5 Å². The van der Waals surface area contributed by atoms with Gasteiger partial charge in [0.2, 0.25) is 10.0 Å². The van der Waals surface area contributed by atoms with Crippen LogP contribution in [0.3, 0.4) is 0 Å². The third-order valence-electron chi connectivity index (χ3n) is 4.72. The number of hydrogen-bond acceptors (Lipinski definition) is 6. The molecular formula is C19H24F3N5O2S. The number of aryl methyl sites for hydroxylation is 1. The number of nitrogens with zero attached hydrogens (tertiary/aromatic N) is 3. The SMILES string of the molecule is Cc1nc(NCCNS(=O)(=O)c2ccc(C(F)(F)F)cc2)cc(N2CCCCC2)n1. The summed E-state index contributed by atoms with van der Waals surface area (Å²) in [6.07, 6.45) is -1.05. The zero-order chi connectivity index (χ0) is 21.8. The van der Waals surface area contributed by atoms with E-state index < -0.39 is 21.8 Å². The quantitative estimate of drug-likeness (QED) is 0.639. The summed E-state index contributed by atoms with van der Waals surface area (Å²) in [5.41, 5.74) is -0.897. The smallest absolute Gasteiger partial charge is 0.369 e. The van der Waals surface area contributed by atoms with Gasteiger partial charge in [-0.15, -0.1) is 0 Å². The molecule has 0 saturated carbocycles. The molecule has 0 bridgehead atoms. The van der Waals surface area contributed by atoms with Crippen molar-refractivity contribution in [2.24, 2.45) is 0 Å². The second-order valence-electron chi connectivity index (χ2n) is 7.05. The van der Waals surface area contributed by atoms with Crippen LogP contribution < -0.4 is 14.9 Å². The average Bonchev–Trinajstić information content (AvgIpc) is 2.71. The van der Waals surface area contributed by atoms with Gasteiger partial charge in [0.25, 0.3) is 0 Å². The van der Waals surface area contributed by atoms with Crippen molar-refractivity contribution in [1.82, 2.24) is 14.7 Å². The lowest BCUT2D eigenvalue weighted by Crippen LogP contribution is -2.31. The van der Waals surface area contributed by atoms with E-state index >= 15 is 0 Å². The van der Waals surface area contributed by atoms with Crippen LogP contribution in [0.5, 0.6) is 0 Å². The summed E-state index contributed by atoms with van der Waals surface area (Å²) in [5.74, 6) is 2.05. The Labute approximate surface area is 173 Å². The number of alkyl halides is 3. The molecule has 0 radical (unpaired) electrons. The summed E-state index contributed by atoms with van der Waals surface area (Å²) in [4.78, 5) is 10.8. The Balaban J connectivity index is 1.55. The Hall–Kier alpha value is -2.40. The maximum atomic E-state index is 12.6. The van der Waals surface area contributed by atoms with Crippen LogP contribution in [0.15, 0.2) is 35.2 Å². The lowest BCUT2D eigenvalue weighted by molar-refractivity contribution is -0.137. The zero-order valence-corrected chi connectivity index (χ0v) is 17.4. The van der Waals surface area contributed by atoms with E-state index in [1.807, 2.05) is 6.07 Å². The van der Waals surface area contributed by atoms with Gasteiger partial charge < -0.3 is 10.2 Å². The Morgan fingerprint density at radius 1 is 1.03 bits per heavy atom. The molecule has 1 aromatic heterocycles. The first kappa shape index (κ1) is 22.3. The van der Waals surface area contributed by atoms with E-state index in [0.717, 1.165) is 56.0 Å². The molecule has 30 heavy (non-hydrogen) atoms. The molecule has 7 nitrogen and oxygen atoms in total. The number of piperidine rings is 1. The highest BCUT2D eigenvalue weighted by molar-refractivity contribution is 7.89. The molecule has 1 aromatic carbocycles. The molecule has 0 unspecified atom stereocenters. The zero-order valence-electron chi connectivity index (χ0n) is 16.5. The molecule has 2 heterocycles. The topological polar surface area (TPSA) is 87.2 Å². The van der Waals surface area contributed by atoms with Crippen molar-refractivity contribution < 1.29 is 21.6 Å². The predicted octanol–water partition coefficient (Wildman–Crippen LogP) is 3.18. The lowest BCUT2D eigenvalue weighted by Gasteiger charge is -2.28. The van der Waals surface area contributed by atoms with E-state index in [4.69, 9.17) is 0 Å². The van der Waals surface area contributed by atoms with E-state index in [-0.39, 0.29) is 18.0 Å². The van der Waals surface area contributed by atoms with Gasteiger partial charge in [-0.2, -0.15) is 13.2 Å². The number of benzene rings is 1. The molecule has 0 spiro atoms. The number of nitrogens with one attached hydrogen (secondary N) is 2. The summed E-state index contributed by atoms with van der Waals surface area (Å²) >= 11 is 0. The highest BCUT2D eigenvalue weighted by Crippen LogP contribution is 2.29. The maximum absolute atomic E-state index is 12.6. The fourth-order valence-corrected chi connectivity index (χ4v) is 4.24. The molecule has 2 aromatic rings. The van der Waals surface area contributed by atoms with Crippen LogP contribution in [0.25, 0.3) is 0 Å². The Bertz CT molecular complexity index is 959. The van der Waals surface area contributed by atoms with E-state index in [2.05, 4.69) is 24.9 Å². The minimum atomic E-state index is -4.51.